The molecule has 9 aromatic heterocycles. The molecule has 1 unspecified atom stereocenters. The average Bonchev–Trinajstić information content (AvgIpc) is 0.915. The molecular formula is C108H93N21O8S. The SMILES string of the molecule is COc1ncc(-c2cnc(C)nc2N[C@@H](C)c2cc3cccc(-c4ccnc(C)c4)c3c(=O)n2-c2ccccc2)s1.[C-]#[N+]C1=C(N[C@@H](C)c2cc3cccc(O)c3c(=O)n2-c2ccccc2)NC(C)N=C1.[C-]#[N+]c1cnc(C)nc1N[C@@H](C)c1cc2cccc(OC)c2c(=O)n1-c1ccccc1.[C-]#[N+]c1cnc(C)nc1N[C@@H](C)c1cc2cccc(Oc3ccccc3)c2c(=O)n1-c1ccccc1. The summed E-state index contributed by atoms with van der Waals surface area (Å²) in [6.45, 7) is 39.3. The van der Waals surface area contributed by atoms with E-state index in [4.69, 9.17) is 38.9 Å². The molecule has 0 saturated carbocycles. The normalized spacial score (nSPS) is 12.8. The molecule has 18 aromatic rings. The third-order valence-electron chi connectivity index (χ3n) is 22.9. The van der Waals surface area contributed by atoms with Gasteiger partial charge in [0.25, 0.3) is 27.4 Å². The van der Waals surface area contributed by atoms with Crippen LogP contribution in [0.5, 0.6) is 28.2 Å². The Morgan fingerprint density at radius 2 is 0.833 bits per heavy atom. The number of nitrogens with one attached hydrogen (secondary N) is 5. The highest BCUT2D eigenvalue weighted by molar-refractivity contribution is 7.16. The predicted octanol–water partition coefficient (Wildman–Crippen LogP) is 21.6. The number of phenols is 1. The summed E-state index contributed by atoms with van der Waals surface area (Å²) >= 11 is 1.42. The van der Waals surface area contributed by atoms with Crippen LogP contribution in [0.25, 0.3) is 102 Å². The van der Waals surface area contributed by atoms with E-state index in [0.717, 1.165) is 77.6 Å². The zero-order chi connectivity index (χ0) is 96.8. The van der Waals surface area contributed by atoms with Gasteiger partial charge in [-0.05, 0) is 210 Å². The van der Waals surface area contributed by atoms with Crippen LogP contribution in [-0.2, 0) is 0 Å². The zero-order valence-electron chi connectivity index (χ0n) is 77.0. The number of anilines is 3. The molecule has 1 aliphatic heterocycles. The number of para-hydroxylation sites is 5. The van der Waals surface area contributed by atoms with E-state index in [9.17, 15) is 24.3 Å². The third kappa shape index (κ3) is 20.1. The number of fused-ring (bicyclic) bond motifs is 4. The van der Waals surface area contributed by atoms with Crippen LogP contribution in [0.15, 0.2) is 328 Å². The smallest absolute Gasteiger partial charge is 0.273 e. The third-order valence-corrected chi connectivity index (χ3v) is 23.9. The molecule has 9 aromatic carbocycles. The van der Waals surface area contributed by atoms with Gasteiger partial charge in [-0.25, -0.2) is 39.5 Å². The minimum Gasteiger partial charge on any atom is -0.507 e. The summed E-state index contributed by atoms with van der Waals surface area (Å²) in [4.78, 5) is 106. The van der Waals surface area contributed by atoms with Crippen molar-refractivity contribution in [3.8, 4) is 72.5 Å². The number of benzene rings is 9. The lowest BCUT2D eigenvalue weighted by molar-refractivity contribution is 0.412. The minimum atomic E-state index is -0.351. The molecular weight excluding hydrogens is 1750 g/mol. The van der Waals surface area contributed by atoms with E-state index in [1.165, 1.54) is 29.8 Å². The van der Waals surface area contributed by atoms with E-state index >= 15 is 0 Å². The molecule has 19 rings (SSSR count). The molecule has 0 radical (unpaired) electrons. The van der Waals surface area contributed by atoms with Crippen LogP contribution in [-0.4, -0.2) is 89.8 Å². The molecule has 0 aliphatic carbocycles. The number of aliphatic imine (C=N–C) groups is 1. The summed E-state index contributed by atoms with van der Waals surface area (Å²) in [5, 5.41) is 32.5. The highest BCUT2D eigenvalue weighted by atomic mass is 32.1. The van der Waals surface area contributed by atoms with Gasteiger partial charge in [0, 0.05) is 88.4 Å². The molecule has 684 valence electrons. The molecule has 30 heteroatoms. The number of aromatic hydroxyl groups is 1. The fourth-order valence-electron chi connectivity index (χ4n) is 16.4. The van der Waals surface area contributed by atoms with Crippen molar-refractivity contribution in [3.63, 3.8) is 0 Å². The van der Waals surface area contributed by atoms with Crippen LogP contribution >= 0.6 is 11.3 Å². The number of aryl methyl sites for hydroxylation is 4. The van der Waals surface area contributed by atoms with Crippen LogP contribution in [0.4, 0.5) is 28.8 Å². The summed E-state index contributed by atoms with van der Waals surface area (Å²) in [5.74, 6) is 5.47. The van der Waals surface area contributed by atoms with Crippen molar-refractivity contribution in [1.29, 1.82) is 0 Å². The lowest BCUT2D eigenvalue weighted by Crippen LogP contribution is -2.38. The lowest BCUT2D eigenvalue weighted by atomic mass is 9.98. The first kappa shape index (κ1) is 93.2. The highest BCUT2D eigenvalue weighted by Gasteiger charge is 2.28. The van der Waals surface area contributed by atoms with Gasteiger partial charge in [0.1, 0.15) is 69.9 Å². The van der Waals surface area contributed by atoms with Crippen molar-refractivity contribution in [3.05, 3.63) is 425 Å². The topological polar surface area (TPSA) is 325 Å². The Kier molecular flexibility index (Phi) is 28.2. The molecule has 6 N–H and O–H groups in total. The number of pyridine rings is 5. The molecule has 0 amide bonds. The van der Waals surface area contributed by atoms with Gasteiger partial charge in [0.2, 0.25) is 17.1 Å². The molecule has 0 fully saturated rings. The number of phenolic OH excluding ortho intramolecular Hbond substituents is 1. The van der Waals surface area contributed by atoms with Crippen LogP contribution < -0.4 is 63.0 Å². The van der Waals surface area contributed by atoms with Gasteiger partial charge in [-0.3, -0.25) is 57.4 Å². The van der Waals surface area contributed by atoms with Gasteiger partial charge in [-0.15, -0.1) is 0 Å². The van der Waals surface area contributed by atoms with E-state index in [-0.39, 0.29) is 63.7 Å². The summed E-state index contributed by atoms with van der Waals surface area (Å²) in [7, 11) is 3.15. The van der Waals surface area contributed by atoms with Crippen molar-refractivity contribution in [1.82, 2.24) is 68.8 Å². The molecule has 0 spiro atoms. The number of aromatic nitrogens is 12. The monoisotopic (exact) mass is 1840 g/mol. The maximum atomic E-state index is 14.4. The van der Waals surface area contributed by atoms with E-state index in [2.05, 4.69) is 87.1 Å². The first-order valence-electron chi connectivity index (χ1n) is 44.1. The molecule has 138 heavy (non-hydrogen) atoms. The predicted molar refractivity (Wildman–Crippen MR) is 544 cm³/mol. The van der Waals surface area contributed by atoms with Crippen molar-refractivity contribution in [2.24, 2.45) is 4.99 Å². The number of ether oxygens (including phenoxy) is 3. The Labute approximate surface area is 798 Å². The van der Waals surface area contributed by atoms with Crippen molar-refractivity contribution in [2.45, 2.75) is 92.6 Å². The number of rotatable bonds is 22. The van der Waals surface area contributed by atoms with E-state index in [0.29, 0.717) is 113 Å². The summed E-state index contributed by atoms with van der Waals surface area (Å²) in [6.07, 6.45) is 9.71. The molecule has 10 heterocycles. The Balaban J connectivity index is 0.000000134. The second kappa shape index (κ2) is 41.8. The number of thiazole rings is 1. The van der Waals surface area contributed by atoms with E-state index in [1.807, 2.05) is 273 Å². The zero-order valence-corrected chi connectivity index (χ0v) is 77.9. The molecule has 0 saturated heterocycles. The fraction of sp³-hybridized carbons (Fsp3) is 0.148. The van der Waals surface area contributed by atoms with E-state index in [1.54, 1.807) is 95.4 Å². The van der Waals surface area contributed by atoms with Gasteiger partial charge in [0.05, 0.1) is 90.1 Å². The first-order chi connectivity index (χ1) is 67.0. The first-order valence-corrected chi connectivity index (χ1v) is 44.9. The maximum Gasteiger partial charge on any atom is 0.273 e. The summed E-state index contributed by atoms with van der Waals surface area (Å²) in [6, 6.07) is 80.1. The quantitative estimate of drug-likeness (QED) is 0.0343. The number of methoxy groups -OCH3 is 2. The lowest BCUT2D eigenvalue weighted by Gasteiger charge is -2.26. The Bertz CT molecular complexity index is 8080. The second-order valence-electron chi connectivity index (χ2n) is 32.3. The van der Waals surface area contributed by atoms with E-state index < -0.39 is 0 Å². The Morgan fingerprint density at radius 1 is 0.420 bits per heavy atom. The number of allylic oxidation sites excluding steroid dienone is 1. The maximum absolute atomic E-state index is 14.4. The highest BCUT2D eigenvalue weighted by Crippen LogP contribution is 2.40. The molecule has 29 nitrogen and oxygen atoms in total. The average molecular weight is 1850 g/mol. The number of nitrogens with zero attached hydrogens (tertiary/aromatic N) is 16. The van der Waals surface area contributed by atoms with Crippen molar-refractivity contribution >= 4 is 89.5 Å². The van der Waals surface area contributed by atoms with Gasteiger partial charge in [0.15, 0.2) is 0 Å². The van der Waals surface area contributed by atoms with Crippen molar-refractivity contribution < 1.29 is 19.3 Å². The van der Waals surface area contributed by atoms with Crippen LogP contribution in [0.3, 0.4) is 0 Å². The number of hydrogen-bond donors (Lipinski definition) is 6. The second-order valence-corrected chi connectivity index (χ2v) is 33.3. The minimum absolute atomic E-state index is 0.0497. The van der Waals surface area contributed by atoms with Gasteiger partial charge in [-0.2, -0.15) is 0 Å². The summed E-state index contributed by atoms with van der Waals surface area (Å²) in [5.41, 5.74) is 9.75. The Morgan fingerprint density at radius 3 is 1.30 bits per heavy atom. The Hall–Kier alpha value is -18.1. The van der Waals surface area contributed by atoms with Crippen molar-refractivity contribution in [2.75, 3.05) is 30.2 Å². The van der Waals surface area contributed by atoms with Crippen LogP contribution in [0.1, 0.15) is 105 Å². The largest absolute Gasteiger partial charge is 0.507 e. The van der Waals surface area contributed by atoms with Crippen LogP contribution in [0.2, 0.25) is 0 Å². The van der Waals surface area contributed by atoms with Gasteiger partial charge >= 0.3 is 0 Å². The molecule has 0 bridgehead atoms. The van der Waals surface area contributed by atoms with Gasteiger partial charge in [-0.1, -0.05) is 157 Å². The fourth-order valence-corrected chi connectivity index (χ4v) is 17.1. The molecule has 5 atom stereocenters. The van der Waals surface area contributed by atoms with Gasteiger partial charge < -0.3 is 45.9 Å². The van der Waals surface area contributed by atoms with Crippen LogP contribution in [0, 0.1) is 47.4 Å². The standard InChI is InChI=1S/C32H28N6O2S.C29H23N5O2.C24H21N5O2.C23H21N5O2/c1-19-15-22(13-14-33-19)25-12-8-9-23-16-27(38(31(39)29(23)25)24-10-6-5-7-11-24)20(2)36-30-26(17-34-21(3)37-30)28-18-35-32(40-4)41-28;1-19(32-28-24(30-3)18-31-20(2)33-28)25-17-21-11-10-16-26(36-23-14-8-5-9-15-23)27(21)29(35)34(25)22-12-6-4-7-13-22;1-15(27-23-19(25-3)14-26-16(2)28-23)20-13-17-9-8-12-21(31-4)22(17)24(30)29(20)18-10-6-5-7-11-18;1-14(26-22-18(24-3)13-25-15(2)27-22)19-12-16-8-7-11-20(29)21(16)23(30)28(19)17-9-5-4-6-10-17/h5-18,20H,1-4H3,(H,34,36,37);4-19H,1-2H3,(H,31,32,33);5-15H,1-2,4H3,(H,26,27,28);4-15,26-27,29H,1-2H3/t20-;19-;15-;14-,15?/m0000/s1. The molecule has 1 aliphatic rings. The number of hydrogen-bond acceptors (Lipinski definition) is 23. The summed E-state index contributed by atoms with van der Waals surface area (Å²) < 4.78 is 23.6.